The van der Waals surface area contributed by atoms with Gasteiger partial charge in [0.05, 0.1) is 13.2 Å². The summed E-state index contributed by atoms with van der Waals surface area (Å²) < 4.78 is 10.3. The van der Waals surface area contributed by atoms with Gasteiger partial charge in [-0.15, -0.1) is 0 Å². The van der Waals surface area contributed by atoms with Crippen LogP contribution in [-0.4, -0.2) is 30.5 Å². The molecule has 6 nitrogen and oxygen atoms in total. The van der Waals surface area contributed by atoms with Crippen LogP contribution in [0.3, 0.4) is 0 Å². The highest BCUT2D eigenvalue weighted by atomic mass is 16.6. The number of carbonyl (C=O) groups is 1. The molecule has 1 rings (SSSR count). The molecule has 0 aliphatic carbocycles. The topological polar surface area (TPSA) is 93.8 Å². The van der Waals surface area contributed by atoms with Gasteiger partial charge in [-0.05, 0) is 39.0 Å². The predicted molar refractivity (Wildman–Crippen MR) is 76.9 cm³/mol. The largest absolute Gasteiger partial charge is 0.496 e. The fourth-order valence-electron chi connectivity index (χ4n) is 1.62. The van der Waals surface area contributed by atoms with Crippen LogP contribution >= 0.6 is 0 Å². The van der Waals surface area contributed by atoms with Crippen molar-refractivity contribution in [1.82, 2.24) is 0 Å². The summed E-state index contributed by atoms with van der Waals surface area (Å²) in [4.78, 5) is 11.7. The normalized spacial score (nSPS) is 12.7. The summed E-state index contributed by atoms with van der Waals surface area (Å²) in [5, 5.41) is 12.4. The molecule has 0 unspecified atom stereocenters. The van der Waals surface area contributed by atoms with Gasteiger partial charge in [0.2, 0.25) is 0 Å². The Morgan fingerprint density at radius 2 is 2.10 bits per heavy atom. The molecule has 0 radical (unpaired) electrons. The summed E-state index contributed by atoms with van der Waals surface area (Å²) in [5.74, 6) is 0.512. The van der Waals surface area contributed by atoms with Crippen molar-refractivity contribution in [3.05, 3.63) is 23.8 Å². The number of anilines is 1. The first-order valence-electron chi connectivity index (χ1n) is 6.33. The monoisotopic (exact) mass is 282 g/mol. The van der Waals surface area contributed by atoms with Crippen molar-refractivity contribution in [1.29, 1.82) is 0 Å². The zero-order valence-corrected chi connectivity index (χ0v) is 12.3. The number of aliphatic hydroxyl groups is 1. The number of benzene rings is 1. The standard InChI is InChI=1S/C14H22N2O4/c1-14(2,3)20-13(18)16-9-5-6-12(19-4)10(7-9)11(17)8-15/h5-7,11,17H,8,15H2,1-4H3,(H,16,18)/t11-/m1/s1. The zero-order chi connectivity index (χ0) is 15.3. The van der Waals surface area contributed by atoms with E-state index in [-0.39, 0.29) is 6.54 Å². The molecule has 0 aromatic heterocycles. The average Bonchev–Trinajstić information content (AvgIpc) is 2.35. The van der Waals surface area contributed by atoms with E-state index in [0.29, 0.717) is 17.0 Å². The molecule has 20 heavy (non-hydrogen) atoms. The first-order chi connectivity index (χ1) is 9.26. The minimum Gasteiger partial charge on any atom is -0.496 e. The van der Waals surface area contributed by atoms with Crippen LogP contribution in [-0.2, 0) is 4.74 Å². The third kappa shape index (κ3) is 4.71. The quantitative estimate of drug-likeness (QED) is 0.785. The number of carbonyl (C=O) groups excluding carboxylic acids is 1. The first kappa shape index (κ1) is 16.3. The molecule has 6 heteroatoms. The van der Waals surface area contributed by atoms with Crippen LogP contribution in [0.2, 0.25) is 0 Å². The average molecular weight is 282 g/mol. The number of nitrogens with two attached hydrogens (primary N) is 1. The Labute approximate surface area is 118 Å². The van der Waals surface area contributed by atoms with Crippen LogP contribution in [0.4, 0.5) is 10.5 Å². The summed E-state index contributed by atoms with van der Waals surface area (Å²) in [6, 6.07) is 4.93. The van der Waals surface area contributed by atoms with E-state index in [2.05, 4.69) is 5.32 Å². The summed E-state index contributed by atoms with van der Waals surface area (Å²) in [7, 11) is 1.50. The Hall–Kier alpha value is -1.79. The molecular weight excluding hydrogens is 260 g/mol. The van der Waals surface area contributed by atoms with E-state index in [9.17, 15) is 9.90 Å². The number of hydrogen-bond donors (Lipinski definition) is 3. The van der Waals surface area contributed by atoms with Gasteiger partial charge in [0.15, 0.2) is 0 Å². The number of aliphatic hydroxyl groups excluding tert-OH is 1. The van der Waals surface area contributed by atoms with Crippen LogP contribution in [0.15, 0.2) is 18.2 Å². The van der Waals surface area contributed by atoms with Gasteiger partial charge in [-0.1, -0.05) is 0 Å². The number of methoxy groups -OCH3 is 1. The molecule has 0 heterocycles. The fraction of sp³-hybridized carbons (Fsp3) is 0.500. The van der Waals surface area contributed by atoms with Gasteiger partial charge in [0, 0.05) is 17.8 Å². The molecule has 1 atom stereocenters. The maximum Gasteiger partial charge on any atom is 0.412 e. The van der Waals surface area contributed by atoms with Gasteiger partial charge in [-0.2, -0.15) is 0 Å². The lowest BCUT2D eigenvalue weighted by Gasteiger charge is -2.20. The lowest BCUT2D eigenvalue weighted by molar-refractivity contribution is 0.0636. The summed E-state index contributed by atoms with van der Waals surface area (Å²) in [5.41, 5.74) is 5.89. The SMILES string of the molecule is COc1ccc(NC(=O)OC(C)(C)C)cc1[C@H](O)CN. The van der Waals surface area contributed by atoms with Crippen molar-refractivity contribution in [2.45, 2.75) is 32.5 Å². The minimum absolute atomic E-state index is 0.0618. The molecule has 1 amide bonds. The molecule has 4 N–H and O–H groups in total. The van der Waals surface area contributed by atoms with Crippen LogP contribution in [0, 0.1) is 0 Å². The van der Waals surface area contributed by atoms with Crippen LogP contribution in [0.1, 0.15) is 32.4 Å². The molecule has 0 aliphatic heterocycles. The van der Waals surface area contributed by atoms with Gasteiger partial charge in [0.1, 0.15) is 11.4 Å². The molecule has 112 valence electrons. The first-order valence-corrected chi connectivity index (χ1v) is 6.33. The molecule has 0 bridgehead atoms. The van der Waals surface area contributed by atoms with Gasteiger partial charge in [-0.3, -0.25) is 5.32 Å². The summed E-state index contributed by atoms with van der Waals surface area (Å²) in [6.07, 6.45) is -1.42. The van der Waals surface area contributed by atoms with Crippen LogP contribution in [0.25, 0.3) is 0 Å². The van der Waals surface area contributed by atoms with Crippen LogP contribution in [0.5, 0.6) is 5.75 Å². The number of amides is 1. The Kier molecular flexibility index (Phi) is 5.35. The van der Waals surface area contributed by atoms with Crippen molar-refractivity contribution in [3.63, 3.8) is 0 Å². The highest BCUT2D eigenvalue weighted by Crippen LogP contribution is 2.28. The third-order valence-electron chi connectivity index (χ3n) is 2.46. The molecule has 0 spiro atoms. The lowest BCUT2D eigenvalue weighted by Crippen LogP contribution is -2.27. The zero-order valence-electron chi connectivity index (χ0n) is 12.3. The highest BCUT2D eigenvalue weighted by molar-refractivity contribution is 5.85. The second kappa shape index (κ2) is 6.58. The van der Waals surface area contributed by atoms with Crippen molar-refractivity contribution in [3.8, 4) is 5.75 Å². The Bertz CT molecular complexity index is 469. The second-order valence-electron chi connectivity index (χ2n) is 5.34. The molecule has 0 aliphatic rings. The smallest absolute Gasteiger partial charge is 0.412 e. The number of rotatable bonds is 4. The van der Waals surface area contributed by atoms with E-state index < -0.39 is 17.8 Å². The Balaban J connectivity index is 2.89. The third-order valence-corrected chi connectivity index (χ3v) is 2.46. The number of hydrogen-bond acceptors (Lipinski definition) is 5. The van der Waals surface area contributed by atoms with Gasteiger partial charge < -0.3 is 20.3 Å². The molecular formula is C14H22N2O4. The molecule has 1 aromatic rings. The van der Waals surface area contributed by atoms with Gasteiger partial charge >= 0.3 is 6.09 Å². The van der Waals surface area contributed by atoms with Crippen LogP contribution < -0.4 is 15.8 Å². The van der Waals surface area contributed by atoms with Crippen molar-refractivity contribution >= 4 is 11.8 Å². The maximum atomic E-state index is 11.7. The maximum absolute atomic E-state index is 11.7. The van der Waals surface area contributed by atoms with E-state index in [0.717, 1.165) is 0 Å². The van der Waals surface area contributed by atoms with Crippen molar-refractivity contribution < 1.29 is 19.4 Å². The van der Waals surface area contributed by atoms with E-state index in [4.69, 9.17) is 15.2 Å². The van der Waals surface area contributed by atoms with Crippen molar-refractivity contribution in [2.24, 2.45) is 5.73 Å². The van der Waals surface area contributed by atoms with E-state index >= 15 is 0 Å². The van der Waals surface area contributed by atoms with E-state index in [1.807, 2.05) is 0 Å². The number of nitrogens with one attached hydrogen (secondary N) is 1. The molecule has 0 saturated carbocycles. The van der Waals surface area contributed by atoms with E-state index in [1.165, 1.54) is 7.11 Å². The lowest BCUT2D eigenvalue weighted by atomic mass is 10.1. The Morgan fingerprint density at radius 3 is 2.60 bits per heavy atom. The highest BCUT2D eigenvalue weighted by Gasteiger charge is 2.18. The summed E-state index contributed by atoms with van der Waals surface area (Å²) >= 11 is 0. The molecule has 0 fully saturated rings. The van der Waals surface area contributed by atoms with Gasteiger partial charge in [-0.25, -0.2) is 4.79 Å². The molecule has 0 saturated heterocycles. The minimum atomic E-state index is -0.856. The number of ether oxygens (including phenoxy) is 2. The van der Waals surface area contributed by atoms with Gasteiger partial charge in [0.25, 0.3) is 0 Å². The predicted octanol–water partition coefficient (Wildman–Crippen LogP) is 2.03. The Morgan fingerprint density at radius 1 is 1.45 bits per heavy atom. The summed E-state index contributed by atoms with van der Waals surface area (Å²) in [6.45, 7) is 5.41. The second-order valence-corrected chi connectivity index (χ2v) is 5.34. The molecule has 1 aromatic carbocycles. The van der Waals surface area contributed by atoms with Crippen molar-refractivity contribution in [2.75, 3.05) is 19.0 Å². The fourth-order valence-corrected chi connectivity index (χ4v) is 1.62. The van der Waals surface area contributed by atoms with E-state index in [1.54, 1.807) is 39.0 Å².